The van der Waals surface area contributed by atoms with Crippen molar-refractivity contribution in [1.82, 2.24) is 0 Å². The maximum atomic E-state index is 6.73. The van der Waals surface area contributed by atoms with Crippen LogP contribution in [0.4, 0.5) is 17.1 Å². The van der Waals surface area contributed by atoms with Crippen LogP contribution in [0.5, 0.6) is 0 Å². The Bertz CT molecular complexity index is 2890. The molecule has 0 saturated carbocycles. The van der Waals surface area contributed by atoms with Crippen LogP contribution in [0.3, 0.4) is 0 Å². The van der Waals surface area contributed by atoms with Gasteiger partial charge in [0, 0.05) is 22.3 Å². The summed E-state index contributed by atoms with van der Waals surface area (Å²) in [5.74, 6) is 0. The molecule has 0 radical (unpaired) electrons. The quantitative estimate of drug-likeness (QED) is 0.176. The van der Waals surface area contributed by atoms with Gasteiger partial charge >= 0.3 is 0 Å². The first-order valence-electron chi connectivity index (χ1n) is 17.8. The third kappa shape index (κ3) is 5.12. The van der Waals surface area contributed by atoms with Crippen LogP contribution >= 0.6 is 0 Å². The van der Waals surface area contributed by atoms with Gasteiger partial charge < -0.3 is 9.32 Å². The Labute approximate surface area is 302 Å². The molecule has 52 heavy (non-hydrogen) atoms. The number of anilines is 3. The molecule has 10 aromatic rings. The van der Waals surface area contributed by atoms with Crippen LogP contribution in [0.25, 0.3) is 76.9 Å². The Kier molecular flexibility index (Phi) is 7.18. The maximum absolute atomic E-state index is 6.73. The zero-order valence-electron chi connectivity index (χ0n) is 28.4. The van der Waals surface area contributed by atoms with Crippen LogP contribution in [0.15, 0.2) is 205 Å². The summed E-state index contributed by atoms with van der Waals surface area (Å²) in [6.07, 6.45) is 0. The van der Waals surface area contributed by atoms with Gasteiger partial charge in [-0.3, -0.25) is 0 Å². The molecule has 0 aliphatic carbocycles. The van der Waals surface area contributed by atoms with Gasteiger partial charge in [0.1, 0.15) is 11.2 Å². The molecule has 0 fully saturated rings. The van der Waals surface area contributed by atoms with Crippen molar-refractivity contribution in [3.05, 3.63) is 200 Å². The van der Waals surface area contributed by atoms with Crippen molar-refractivity contribution in [2.75, 3.05) is 4.90 Å². The number of furan rings is 1. The molecule has 0 unspecified atom stereocenters. The Balaban J connectivity index is 1.10. The number of benzene rings is 9. The number of para-hydroxylation sites is 2. The molecule has 1 aromatic heterocycles. The molecule has 0 atom stereocenters. The number of rotatable bonds is 6. The van der Waals surface area contributed by atoms with E-state index in [1.54, 1.807) is 0 Å². The fraction of sp³-hybridized carbons (Fsp3) is 0. The Hall–Kier alpha value is -6.90. The first-order valence-corrected chi connectivity index (χ1v) is 17.8. The summed E-state index contributed by atoms with van der Waals surface area (Å²) in [6, 6.07) is 71.6. The first kappa shape index (κ1) is 30.0. The second-order valence-electron chi connectivity index (χ2n) is 13.3. The highest BCUT2D eigenvalue weighted by atomic mass is 16.3. The zero-order valence-corrected chi connectivity index (χ0v) is 28.4. The number of hydrogen-bond acceptors (Lipinski definition) is 2. The molecule has 0 N–H and O–H groups in total. The molecule has 244 valence electrons. The molecule has 0 bridgehead atoms. The predicted molar refractivity (Wildman–Crippen MR) is 220 cm³/mol. The smallest absolute Gasteiger partial charge is 0.145 e. The van der Waals surface area contributed by atoms with Gasteiger partial charge in [0.25, 0.3) is 0 Å². The average Bonchev–Trinajstić information content (AvgIpc) is 3.61. The largest absolute Gasteiger partial charge is 0.455 e. The van der Waals surface area contributed by atoms with Gasteiger partial charge in [-0.15, -0.1) is 0 Å². The Morgan fingerprint density at radius 2 is 1.00 bits per heavy atom. The third-order valence-corrected chi connectivity index (χ3v) is 10.2. The van der Waals surface area contributed by atoms with Crippen LogP contribution in [0.2, 0.25) is 0 Å². The van der Waals surface area contributed by atoms with E-state index < -0.39 is 0 Å². The van der Waals surface area contributed by atoms with E-state index in [1.165, 1.54) is 43.8 Å². The van der Waals surface area contributed by atoms with E-state index in [1.807, 2.05) is 6.07 Å². The molecule has 2 nitrogen and oxygen atoms in total. The standard InChI is InChI=1S/C50H33NO/c1-3-13-36(14-4-1)43-20-11-16-39-33-38(26-29-44(39)43)35-24-27-42(28-25-35)51(41-17-5-2-6-18-41)47-31-30-45(40-23-22-34-12-7-8-15-37(34)32-40)50-49(47)46-19-9-10-21-48(46)52-50/h1-33H. The second kappa shape index (κ2) is 12.5. The molecule has 0 spiro atoms. The molecule has 2 heteroatoms. The van der Waals surface area contributed by atoms with Crippen molar-refractivity contribution in [3.63, 3.8) is 0 Å². The molecule has 1 heterocycles. The summed E-state index contributed by atoms with van der Waals surface area (Å²) in [7, 11) is 0. The monoisotopic (exact) mass is 663 g/mol. The fourth-order valence-electron chi connectivity index (χ4n) is 7.72. The van der Waals surface area contributed by atoms with E-state index in [2.05, 4.69) is 199 Å². The van der Waals surface area contributed by atoms with E-state index >= 15 is 0 Å². The highest BCUT2D eigenvalue weighted by Gasteiger charge is 2.22. The van der Waals surface area contributed by atoms with Gasteiger partial charge in [0.2, 0.25) is 0 Å². The van der Waals surface area contributed by atoms with E-state index in [4.69, 9.17) is 4.42 Å². The summed E-state index contributed by atoms with van der Waals surface area (Å²) < 4.78 is 6.73. The topological polar surface area (TPSA) is 16.4 Å². The molecule has 0 aliphatic rings. The minimum atomic E-state index is 0.877. The van der Waals surface area contributed by atoms with Crippen molar-refractivity contribution in [3.8, 4) is 33.4 Å². The average molecular weight is 664 g/mol. The minimum Gasteiger partial charge on any atom is -0.455 e. The second-order valence-corrected chi connectivity index (χ2v) is 13.3. The zero-order chi connectivity index (χ0) is 34.4. The number of hydrogen-bond donors (Lipinski definition) is 0. The van der Waals surface area contributed by atoms with Crippen molar-refractivity contribution in [2.24, 2.45) is 0 Å². The number of nitrogens with zero attached hydrogens (tertiary/aromatic N) is 1. The molecule has 0 amide bonds. The fourth-order valence-corrected chi connectivity index (χ4v) is 7.72. The highest BCUT2D eigenvalue weighted by molar-refractivity contribution is 6.17. The molecular weight excluding hydrogens is 631 g/mol. The summed E-state index contributed by atoms with van der Waals surface area (Å²) in [4.78, 5) is 2.35. The molecular formula is C50H33NO. The maximum Gasteiger partial charge on any atom is 0.145 e. The molecule has 0 saturated heterocycles. The lowest BCUT2D eigenvalue weighted by Crippen LogP contribution is -2.10. The minimum absolute atomic E-state index is 0.877. The molecule has 10 rings (SSSR count). The van der Waals surface area contributed by atoms with E-state index in [0.29, 0.717) is 0 Å². The summed E-state index contributed by atoms with van der Waals surface area (Å²) in [6.45, 7) is 0. The van der Waals surface area contributed by atoms with Crippen LogP contribution < -0.4 is 4.90 Å². The van der Waals surface area contributed by atoms with E-state index in [0.717, 1.165) is 50.1 Å². The normalized spacial score (nSPS) is 11.5. The highest BCUT2D eigenvalue weighted by Crippen LogP contribution is 2.46. The van der Waals surface area contributed by atoms with Crippen molar-refractivity contribution in [1.29, 1.82) is 0 Å². The Morgan fingerprint density at radius 1 is 0.346 bits per heavy atom. The lowest BCUT2D eigenvalue weighted by atomic mass is 9.95. The van der Waals surface area contributed by atoms with Crippen LogP contribution in [-0.2, 0) is 0 Å². The van der Waals surface area contributed by atoms with E-state index in [-0.39, 0.29) is 0 Å². The lowest BCUT2D eigenvalue weighted by molar-refractivity contribution is 0.670. The molecule has 9 aromatic carbocycles. The Morgan fingerprint density at radius 3 is 1.85 bits per heavy atom. The van der Waals surface area contributed by atoms with Crippen LogP contribution in [0.1, 0.15) is 0 Å². The van der Waals surface area contributed by atoms with Crippen LogP contribution in [-0.4, -0.2) is 0 Å². The number of fused-ring (bicyclic) bond motifs is 5. The van der Waals surface area contributed by atoms with Gasteiger partial charge in [-0.05, 0) is 104 Å². The molecule has 0 aliphatic heterocycles. The van der Waals surface area contributed by atoms with Gasteiger partial charge in [-0.1, -0.05) is 146 Å². The van der Waals surface area contributed by atoms with E-state index in [9.17, 15) is 0 Å². The van der Waals surface area contributed by atoms with Crippen molar-refractivity contribution in [2.45, 2.75) is 0 Å². The lowest BCUT2D eigenvalue weighted by Gasteiger charge is -2.27. The third-order valence-electron chi connectivity index (χ3n) is 10.2. The van der Waals surface area contributed by atoms with Crippen LogP contribution in [0, 0.1) is 0 Å². The van der Waals surface area contributed by atoms with Gasteiger partial charge in [-0.2, -0.15) is 0 Å². The van der Waals surface area contributed by atoms with Crippen molar-refractivity contribution >= 4 is 60.5 Å². The first-order chi connectivity index (χ1) is 25.8. The van der Waals surface area contributed by atoms with Gasteiger partial charge in [-0.25, -0.2) is 0 Å². The van der Waals surface area contributed by atoms with Gasteiger partial charge in [0.05, 0.1) is 11.1 Å². The van der Waals surface area contributed by atoms with Gasteiger partial charge in [0.15, 0.2) is 0 Å². The summed E-state index contributed by atoms with van der Waals surface area (Å²) in [5, 5.41) is 7.12. The summed E-state index contributed by atoms with van der Waals surface area (Å²) in [5.41, 5.74) is 12.1. The predicted octanol–water partition coefficient (Wildman–Crippen LogP) is 14.4. The summed E-state index contributed by atoms with van der Waals surface area (Å²) >= 11 is 0. The van der Waals surface area contributed by atoms with Crippen molar-refractivity contribution < 1.29 is 4.42 Å². The SMILES string of the molecule is c1ccc(-c2cccc3cc(-c4ccc(N(c5ccccc5)c5ccc(-c6ccc7ccccc7c6)c6oc7ccccc7c56)cc4)ccc23)cc1.